The summed E-state index contributed by atoms with van der Waals surface area (Å²) in [4.78, 5) is 27.7. The van der Waals surface area contributed by atoms with E-state index in [1.54, 1.807) is 30.0 Å². The molecule has 1 heterocycles. The van der Waals surface area contributed by atoms with Gasteiger partial charge in [-0.1, -0.05) is 6.92 Å². The topological polar surface area (TPSA) is 138 Å². The lowest BCUT2D eigenvalue weighted by molar-refractivity contribution is -0.137. The molecule has 10 nitrogen and oxygen atoms in total. The van der Waals surface area contributed by atoms with Gasteiger partial charge in [-0.3, -0.25) is 9.59 Å². The molecule has 4 unspecified atom stereocenters. The van der Waals surface area contributed by atoms with Crippen LogP contribution in [0.4, 0.5) is 0 Å². The van der Waals surface area contributed by atoms with Gasteiger partial charge in [0.1, 0.15) is 12.2 Å². The van der Waals surface area contributed by atoms with E-state index in [4.69, 9.17) is 14.2 Å². The molecule has 1 aromatic rings. The summed E-state index contributed by atoms with van der Waals surface area (Å²) in [6, 6.07) is 2.59. The molecular weight excluding hydrogens is 456 g/mol. The van der Waals surface area contributed by atoms with Gasteiger partial charge >= 0.3 is 0 Å². The summed E-state index contributed by atoms with van der Waals surface area (Å²) in [5.41, 5.74) is 1.52. The van der Waals surface area contributed by atoms with Gasteiger partial charge in [0, 0.05) is 43.9 Å². The largest absolute Gasteiger partial charge is 0.493 e. The number of aliphatic hydroxyl groups is 3. The highest BCUT2D eigenvalue weighted by molar-refractivity contribution is 5.96. The van der Waals surface area contributed by atoms with Gasteiger partial charge in [0.15, 0.2) is 11.5 Å². The first-order chi connectivity index (χ1) is 16.9. The van der Waals surface area contributed by atoms with Gasteiger partial charge in [-0.05, 0) is 37.1 Å². The second-order valence-electron chi connectivity index (χ2n) is 8.51. The average Bonchev–Trinajstić information content (AvgIpc) is 3.27. The van der Waals surface area contributed by atoms with E-state index in [0.29, 0.717) is 54.4 Å². The molecule has 35 heavy (non-hydrogen) atoms. The number of rotatable bonds is 12. The third-order valence-corrected chi connectivity index (χ3v) is 6.37. The Balaban J connectivity index is 2.05. The van der Waals surface area contributed by atoms with Crippen LogP contribution in [0.3, 0.4) is 0 Å². The van der Waals surface area contributed by atoms with Crippen molar-refractivity contribution in [1.82, 2.24) is 10.2 Å². The zero-order chi connectivity index (χ0) is 25.5. The van der Waals surface area contributed by atoms with E-state index < -0.39 is 30.1 Å². The molecule has 0 radical (unpaired) electrons. The van der Waals surface area contributed by atoms with E-state index in [-0.39, 0.29) is 32.1 Å². The molecule has 0 saturated heterocycles. The summed E-state index contributed by atoms with van der Waals surface area (Å²) in [5, 5.41) is 33.1. The molecule has 0 bridgehead atoms. The first-order valence-electron chi connectivity index (χ1n) is 12.1. The molecule has 1 aliphatic heterocycles. The number of amides is 2. The van der Waals surface area contributed by atoms with Crippen LogP contribution in [0.15, 0.2) is 23.8 Å². The van der Waals surface area contributed by atoms with Gasteiger partial charge < -0.3 is 39.7 Å². The number of nitrogens with one attached hydrogen (secondary N) is 1. The van der Waals surface area contributed by atoms with Crippen molar-refractivity contribution in [1.29, 1.82) is 0 Å². The van der Waals surface area contributed by atoms with Gasteiger partial charge in [-0.25, -0.2) is 0 Å². The first kappa shape index (κ1) is 26.9. The van der Waals surface area contributed by atoms with Gasteiger partial charge in [-0.15, -0.1) is 0 Å². The van der Waals surface area contributed by atoms with Crippen molar-refractivity contribution in [2.75, 3.05) is 40.0 Å². The first-order valence-corrected chi connectivity index (χ1v) is 12.1. The monoisotopic (exact) mass is 492 g/mol. The Kier molecular flexibility index (Phi) is 9.50. The smallest absolute Gasteiger partial charge is 0.247 e. The number of hydrogen-bond acceptors (Lipinski definition) is 8. The number of ether oxygens (including phenoxy) is 3. The van der Waals surface area contributed by atoms with Crippen molar-refractivity contribution < 1.29 is 39.1 Å². The molecule has 0 fully saturated rings. The van der Waals surface area contributed by atoms with Crippen LogP contribution in [0.5, 0.6) is 11.5 Å². The van der Waals surface area contributed by atoms with E-state index in [0.717, 1.165) is 0 Å². The highest BCUT2D eigenvalue weighted by Crippen LogP contribution is 2.51. The predicted molar refractivity (Wildman–Crippen MR) is 127 cm³/mol. The number of hydrogen-bond donors (Lipinski definition) is 4. The molecule has 1 aliphatic carbocycles. The van der Waals surface area contributed by atoms with Gasteiger partial charge in [0.2, 0.25) is 11.8 Å². The summed E-state index contributed by atoms with van der Waals surface area (Å²) >= 11 is 0. The van der Waals surface area contributed by atoms with Gasteiger partial charge in [-0.2, -0.15) is 0 Å². The standard InChI is InChI=1S/C25H36N2O8/c1-4-20(30)27(8-6-10-34-5-2)18-13-17(25(32)26-7-9-28)21-16-11-15(14-29)12-19(33-3)23(16)35-24(21)22(18)31/h11-13,18,21-22,24,28-29,31H,4-10,14H2,1-3H3,(H,26,32). The fourth-order valence-corrected chi connectivity index (χ4v) is 4.74. The Morgan fingerprint density at radius 3 is 2.63 bits per heavy atom. The normalized spacial score (nSPS) is 22.5. The number of methoxy groups -OCH3 is 1. The van der Waals surface area contributed by atoms with Crippen LogP contribution in [0.25, 0.3) is 0 Å². The molecule has 0 saturated carbocycles. The van der Waals surface area contributed by atoms with Gasteiger partial charge in [0.05, 0.1) is 32.3 Å². The van der Waals surface area contributed by atoms with Crippen molar-refractivity contribution in [2.24, 2.45) is 0 Å². The molecule has 0 spiro atoms. The molecule has 3 rings (SSSR count). The maximum Gasteiger partial charge on any atom is 0.247 e. The zero-order valence-corrected chi connectivity index (χ0v) is 20.5. The van der Waals surface area contributed by atoms with Crippen LogP contribution >= 0.6 is 0 Å². The fourth-order valence-electron chi connectivity index (χ4n) is 4.74. The van der Waals surface area contributed by atoms with E-state index in [1.807, 2.05) is 6.92 Å². The third-order valence-electron chi connectivity index (χ3n) is 6.37. The number of carbonyl (C=O) groups excluding carboxylic acids is 2. The van der Waals surface area contributed by atoms with Crippen molar-refractivity contribution in [2.45, 2.75) is 57.5 Å². The summed E-state index contributed by atoms with van der Waals surface area (Å²) in [6.07, 6.45) is 0.471. The van der Waals surface area contributed by atoms with Crippen molar-refractivity contribution >= 4 is 11.8 Å². The minimum atomic E-state index is -1.12. The molecule has 10 heteroatoms. The Morgan fingerprint density at radius 1 is 1.23 bits per heavy atom. The molecule has 0 aromatic heterocycles. The third kappa shape index (κ3) is 5.61. The number of aliphatic hydroxyl groups excluding tert-OH is 3. The van der Waals surface area contributed by atoms with Crippen LogP contribution in [-0.4, -0.2) is 90.3 Å². The van der Waals surface area contributed by atoms with E-state index in [2.05, 4.69) is 5.32 Å². The van der Waals surface area contributed by atoms with Gasteiger partial charge in [0.25, 0.3) is 0 Å². The molecule has 194 valence electrons. The maximum absolute atomic E-state index is 13.2. The summed E-state index contributed by atoms with van der Waals surface area (Å²) in [7, 11) is 1.48. The molecule has 4 N–H and O–H groups in total. The number of benzene rings is 1. The van der Waals surface area contributed by atoms with E-state index >= 15 is 0 Å². The van der Waals surface area contributed by atoms with Crippen LogP contribution in [0.1, 0.15) is 43.7 Å². The second kappa shape index (κ2) is 12.3. The molecular formula is C25H36N2O8. The highest BCUT2D eigenvalue weighted by atomic mass is 16.5. The number of fused-ring (bicyclic) bond motifs is 3. The minimum absolute atomic E-state index is 0.0560. The van der Waals surface area contributed by atoms with E-state index in [9.17, 15) is 24.9 Å². The molecule has 4 atom stereocenters. The van der Waals surface area contributed by atoms with Crippen LogP contribution in [-0.2, 0) is 20.9 Å². The summed E-state index contributed by atoms with van der Waals surface area (Å²) in [5.74, 6) is -0.444. The predicted octanol–water partition coefficient (Wildman–Crippen LogP) is 0.475. The SMILES string of the molecule is CCOCCCN(C(=O)CC)C1C=C(C(=O)NCCO)C2c3cc(CO)cc(OC)c3OC2C1O. The van der Waals surface area contributed by atoms with Crippen molar-refractivity contribution in [3.05, 3.63) is 34.9 Å². The van der Waals surface area contributed by atoms with Crippen LogP contribution in [0, 0.1) is 0 Å². The van der Waals surface area contributed by atoms with Crippen LogP contribution in [0.2, 0.25) is 0 Å². The maximum atomic E-state index is 13.2. The van der Waals surface area contributed by atoms with Crippen LogP contribution < -0.4 is 14.8 Å². The molecule has 2 amide bonds. The second-order valence-corrected chi connectivity index (χ2v) is 8.51. The minimum Gasteiger partial charge on any atom is -0.493 e. The average molecular weight is 493 g/mol. The lowest BCUT2D eigenvalue weighted by Gasteiger charge is -2.40. The summed E-state index contributed by atoms with van der Waals surface area (Å²) in [6.45, 7) is 4.61. The van der Waals surface area contributed by atoms with Crippen molar-refractivity contribution in [3.8, 4) is 11.5 Å². The van der Waals surface area contributed by atoms with Crippen molar-refractivity contribution in [3.63, 3.8) is 0 Å². The molecule has 2 aliphatic rings. The molecule has 1 aromatic carbocycles. The fraction of sp³-hybridized carbons (Fsp3) is 0.600. The lowest BCUT2D eigenvalue weighted by atomic mass is 9.77. The lowest BCUT2D eigenvalue weighted by Crippen LogP contribution is -2.56. The highest BCUT2D eigenvalue weighted by Gasteiger charge is 2.51. The summed E-state index contributed by atoms with van der Waals surface area (Å²) < 4.78 is 17.0. The number of nitrogens with zero attached hydrogens (tertiary/aromatic N) is 1. The Labute approximate surface area is 205 Å². The Morgan fingerprint density at radius 2 is 2.00 bits per heavy atom. The quantitative estimate of drug-likeness (QED) is 0.309. The zero-order valence-electron chi connectivity index (χ0n) is 20.5. The van der Waals surface area contributed by atoms with E-state index in [1.165, 1.54) is 7.11 Å². The number of carbonyl (C=O) groups is 2. The Bertz CT molecular complexity index is 934. The Hall–Kier alpha value is -2.66.